The van der Waals surface area contributed by atoms with Crippen LogP contribution in [-0.4, -0.2) is 48.3 Å². The zero-order chi connectivity index (χ0) is 21.1. The van der Waals surface area contributed by atoms with E-state index in [4.69, 9.17) is 0 Å². The number of quaternary nitrogens is 1. The van der Waals surface area contributed by atoms with Crippen LogP contribution < -0.4 is 16.0 Å². The number of carbonyl (C=O) groups is 3. The molecule has 0 saturated heterocycles. The fourth-order valence-electron chi connectivity index (χ4n) is 3.71. The van der Waals surface area contributed by atoms with Crippen LogP contribution in [0.2, 0.25) is 0 Å². The molecule has 0 radical (unpaired) electrons. The third-order valence-corrected chi connectivity index (χ3v) is 5.33. The summed E-state index contributed by atoms with van der Waals surface area (Å²) in [6.07, 6.45) is 8.77. The summed E-state index contributed by atoms with van der Waals surface area (Å²) in [7, 11) is 0. The number of amides is 3. The summed E-state index contributed by atoms with van der Waals surface area (Å²) in [5.74, 6) is -0.362. The minimum atomic E-state index is -0.224. The van der Waals surface area contributed by atoms with Gasteiger partial charge in [0.05, 0.1) is 6.04 Å². The summed E-state index contributed by atoms with van der Waals surface area (Å²) in [6, 6.07) is 7.43. The SMILES string of the molecule is CCN(CC(=O)Nc1ccc(NC(C)=O)cc1)C(=O)C[NH2+]C1CCCCCCC1. The highest BCUT2D eigenvalue weighted by atomic mass is 16.2. The third kappa shape index (κ3) is 8.64. The second-order valence-corrected chi connectivity index (χ2v) is 7.76. The Labute approximate surface area is 173 Å². The number of hydrogen-bond donors (Lipinski definition) is 3. The first-order chi connectivity index (χ1) is 14.0. The average Bonchev–Trinajstić information content (AvgIpc) is 2.66. The Morgan fingerprint density at radius 3 is 2.07 bits per heavy atom. The molecule has 160 valence electrons. The van der Waals surface area contributed by atoms with Crippen LogP contribution in [0, 0.1) is 0 Å². The fraction of sp³-hybridized carbons (Fsp3) is 0.591. The Morgan fingerprint density at radius 2 is 1.52 bits per heavy atom. The van der Waals surface area contributed by atoms with E-state index in [1.54, 1.807) is 29.2 Å². The van der Waals surface area contributed by atoms with Crippen molar-refractivity contribution >= 4 is 29.1 Å². The predicted octanol–water partition coefficient (Wildman–Crippen LogP) is 2.11. The fourth-order valence-corrected chi connectivity index (χ4v) is 3.71. The first kappa shape index (κ1) is 22.9. The summed E-state index contributed by atoms with van der Waals surface area (Å²) in [4.78, 5) is 37.6. The molecule has 2 rings (SSSR count). The molecule has 3 amide bonds. The zero-order valence-electron chi connectivity index (χ0n) is 17.7. The Balaban J connectivity index is 1.78. The third-order valence-electron chi connectivity index (χ3n) is 5.33. The second kappa shape index (κ2) is 12.2. The van der Waals surface area contributed by atoms with Gasteiger partial charge in [-0.15, -0.1) is 0 Å². The van der Waals surface area contributed by atoms with Gasteiger partial charge in [0, 0.05) is 24.8 Å². The van der Waals surface area contributed by atoms with Crippen LogP contribution in [-0.2, 0) is 14.4 Å². The molecular formula is C22H35N4O3+. The van der Waals surface area contributed by atoms with Crippen molar-refractivity contribution in [2.75, 3.05) is 30.3 Å². The summed E-state index contributed by atoms with van der Waals surface area (Å²) in [5.41, 5.74) is 1.30. The van der Waals surface area contributed by atoms with Gasteiger partial charge in [-0.3, -0.25) is 14.4 Å². The van der Waals surface area contributed by atoms with Crippen LogP contribution in [0.3, 0.4) is 0 Å². The molecule has 0 heterocycles. The molecule has 1 fully saturated rings. The van der Waals surface area contributed by atoms with Crippen LogP contribution in [0.25, 0.3) is 0 Å². The molecule has 1 aliphatic rings. The van der Waals surface area contributed by atoms with Crippen molar-refractivity contribution in [3.63, 3.8) is 0 Å². The largest absolute Gasteiger partial charge is 0.336 e. The van der Waals surface area contributed by atoms with E-state index in [1.807, 2.05) is 6.92 Å². The molecule has 7 nitrogen and oxygen atoms in total. The van der Waals surface area contributed by atoms with Gasteiger partial charge in [0.2, 0.25) is 11.8 Å². The maximum Gasteiger partial charge on any atom is 0.278 e. The Hall–Kier alpha value is -2.41. The summed E-state index contributed by atoms with van der Waals surface area (Å²) < 4.78 is 0. The lowest BCUT2D eigenvalue weighted by atomic mass is 9.97. The molecule has 1 saturated carbocycles. The van der Waals surface area contributed by atoms with Crippen LogP contribution in [0.4, 0.5) is 11.4 Å². The predicted molar refractivity (Wildman–Crippen MR) is 115 cm³/mol. The Morgan fingerprint density at radius 1 is 0.966 bits per heavy atom. The maximum absolute atomic E-state index is 12.6. The zero-order valence-corrected chi connectivity index (χ0v) is 17.7. The molecule has 29 heavy (non-hydrogen) atoms. The van der Waals surface area contributed by atoms with Gasteiger partial charge in [0.15, 0.2) is 6.54 Å². The van der Waals surface area contributed by atoms with E-state index in [1.165, 1.54) is 51.9 Å². The van der Waals surface area contributed by atoms with Crippen molar-refractivity contribution in [1.29, 1.82) is 0 Å². The number of rotatable bonds is 8. The quantitative estimate of drug-likeness (QED) is 0.620. The van der Waals surface area contributed by atoms with Crippen LogP contribution >= 0.6 is 0 Å². The molecule has 0 atom stereocenters. The molecule has 4 N–H and O–H groups in total. The van der Waals surface area contributed by atoms with E-state index < -0.39 is 0 Å². The van der Waals surface area contributed by atoms with Crippen molar-refractivity contribution in [2.45, 2.75) is 64.8 Å². The normalized spacial score (nSPS) is 15.1. The molecule has 0 aliphatic heterocycles. The van der Waals surface area contributed by atoms with Crippen LogP contribution in [0.1, 0.15) is 58.8 Å². The number of carbonyl (C=O) groups excluding carboxylic acids is 3. The van der Waals surface area contributed by atoms with E-state index in [-0.39, 0.29) is 24.3 Å². The molecule has 0 bridgehead atoms. The van der Waals surface area contributed by atoms with Crippen LogP contribution in [0.5, 0.6) is 0 Å². The molecule has 1 aromatic rings. The first-order valence-corrected chi connectivity index (χ1v) is 10.8. The maximum atomic E-state index is 12.6. The lowest BCUT2D eigenvalue weighted by Crippen LogP contribution is -2.92. The number of nitrogens with zero attached hydrogens (tertiary/aromatic N) is 1. The van der Waals surface area contributed by atoms with E-state index in [9.17, 15) is 14.4 Å². The van der Waals surface area contributed by atoms with Gasteiger partial charge in [0.25, 0.3) is 5.91 Å². The molecule has 0 unspecified atom stereocenters. The number of anilines is 2. The van der Waals surface area contributed by atoms with Crippen molar-refractivity contribution in [2.24, 2.45) is 0 Å². The molecule has 0 aromatic heterocycles. The summed E-state index contributed by atoms with van der Waals surface area (Å²) in [5, 5.41) is 7.65. The van der Waals surface area contributed by atoms with Gasteiger partial charge in [-0.25, -0.2) is 0 Å². The van der Waals surface area contributed by atoms with Crippen LogP contribution in [0.15, 0.2) is 24.3 Å². The molecular weight excluding hydrogens is 368 g/mol. The van der Waals surface area contributed by atoms with Crippen molar-refractivity contribution < 1.29 is 19.7 Å². The summed E-state index contributed by atoms with van der Waals surface area (Å²) >= 11 is 0. The van der Waals surface area contributed by atoms with Crippen molar-refractivity contribution in [1.82, 2.24) is 4.90 Å². The highest BCUT2D eigenvalue weighted by molar-refractivity contribution is 5.95. The first-order valence-electron chi connectivity index (χ1n) is 10.8. The number of hydrogen-bond acceptors (Lipinski definition) is 3. The molecule has 0 spiro atoms. The van der Waals surface area contributed by atoms with Gasteiger partial charge in [-0.2, -0.15) is 0 Å². The van der Waals surface area contributed by atoms with Gasteiger partial charge < -0.3 is 20.9 Å². The van der Waals surface area contributed by atoms with E-state index in [0.29, 0.717) is 30.5 Å². The molecule has 7 heteroatoms. The van der Waals surface area contributed by atoms with Gasteiger partial charge in [0.1, 0.15) is 6.54 Å². The molecule has 1 aromatic carbocycles. The Kier molecular flexibility index (Phi) is 9.64. The smallest absolute Gasteiger partial charge is 0.278 e. The number of nitrogens with one attached hydrogen (secondary N) is 2. The van der Waals surface area contributed by atoms with Crippen molar-refractivity contribution in [3.05, 3.63) is 24.3 Å². The number of likely N-dealkylation sites (N-methyl/N-ethyl adjacent to an activating group) is 1. The standard InChI is InChI=1S/C22H34N4O3/c1-3-26(22(29)15-23-18-9-7-5-4-6-8-10-18)16-21(28)25-20-13-11-19(12-14-20)24-17(2)27/h11-14,18,23H,3-10,15-16H2,1-2H3,(H,24,27)(H,25,28)/p+1. The molecule has 1 aliphatic carbocycles. The lowest BCUT2D eigenvalue weighted by Gasteiger charge is -2.22. The van der Waals surface area contributed by atoms with E-state index >= 15 is 0 Å². The van der Waals surface area contributed by atoms with Gasteiger partial charge in [-0.1, -0.05) is 19.3 Å². The van der Waals surface area contributed by atoms with E-state index in [2.05, 4.69) is 16.0 Å². The average molecular weight is 404 g/mol. The van der Waals surface area contributed by atoms with Gasteiger partial charge >= 0.3 is 0 Å². The highest BCUT2D eigenvalue weighted by Crippen LogP contribution is 2.15. The minimum Gasteiger partial charge on any atom is -0.336 e. The number of nitrogens with two attached hydrogens (primary N) is 1. The monoisotopic (exact) mass is 403 g/mol. The minimum absolute atomic E-state index is 0.00529. The topological polar surface area (TPSA) is 95.1 Å². The lowest BCUT2D eigenvalue weighted by molar-refractivity contribution is -0.681. The van der Waals surface area contributed by atoms with Crippen molar-refractivity contribution in [3.8, 4) is 0 Å². The van der Waals surface area contributed by atoms with Gasteiger partial charge in [-0.05, 0) is 56.9 Å². The number of benzene rings is 1. The Bertz CT molecular complexity index is 667. The summed E-state index contributed by atoms with van der Waals surface area (Å²) in [6.45, 7) is 4.29. The highest BCUT2D eigenvalue weighted by Gasteiger charge is 2.20. The van der Waals surface area contributed by atoms with E-state index in [0.717, 1.165) is 0 Å². The second-order valence-electron chi connectivity index (χ2n) is 7.76.